The molecule has 148 valence electrons. The van der Waals surface area contributed by atoms with Gasteiger partial charge in [0.2, 0.25) is 0 Å². The van der Waals surface area contributed by atoms with Crippen LogP contribution >= 0.6 is 0 Å². The van der Waals surface area contributed by atoms with Gasteiger partial charge < -0.3 is 25.0 Å². The third-order valence-corrected chi connectivity index (χ3v) is 4.91. The van der Waals surface area contributed by atoms with E-state index in [1.807, 2.05) is 6.07 Å². The lowest BCUT2D eigenvalue weighted by atomic mass is 10.0. The fourth-order valence-corrected chi connectivity index (χ4v) is 3.39. The molecule has 0 bridgehead atoms. The number of anilines is 1. The molecule has 27 heavy (non-hydrogen) atoms. The van der Waals surface area contributed by atoms with Crippen molar-refractivity contribution in [2.75, 3.05) is 38.2 Å². The number of hydrogen-bond donors (Lipinski definition) is 2. The lowest BCUT2D eigenvalue weighted by Gasteiger charge is -2.31. The first kappa shape index (κ1) is 19.4. The number of carbonyl (C=O) groups excluding carboxylic acids is 2. The summed E-state index contributed by atoms with van der Waals surface area (Å²) in [6.07, 6.45) is 6.82. The third-order valence-electron chi connectivity index (χ3n) is 4.91. The monoisotopic (exact) mass is 376 g/mol. The van der Waals surface area contributed by atoms with Crippen LogP contribution in [0.2, 0.25) is 0 Å². The summed E-state index contributed by atoms with van der Waals surface area (Å²) in [5.41, 5.74) is 1.34. The van der Waals surface area contributed by atoms with Crippen LogP contribution in [0.1, 0.15) is 43.0 Å². The Morgan fingerprint density at radius 1 is 1.30 bits per heavy atom. The van der Waals surface area contributed by atoms with Crippen LogP contribution in [-0.4, -0.2) is 66.9 Å². The molecule has 1 unspecified atom stereocenters. The summed E-state index contributed by atoms with van der Waals surface area (Å²) in [6.45, 7) is 4.89. The molecule has 8 nitrogen and oxygen atoms in total. The molecule has 1 aromatic rings. The quantitative estimate of drug-likeness (QED) is 0.789. The van der Waals surface area contributed by atoms with Crippen molar-refractivity contribution in [1.82, 2.24) is 15.2 Å². The second-order valence-corrected chi connectivity index (χ2v) is 6.91. The molecular formula is C19H28N4O4. The number of pyridine rings is 1. The van der Waals surface area contributed by atoms with Crippen molar-refractivity contribution in [3.05, 3.63) is 24.0 Å². The van der Waals surface area contributed by atoms with Crippen molar-refractivity contribution < 1.29 is 19.1 Å². The Balaban J connectivity index is 1.46. The lowest BCUT2D eigenvalue weighted by Crippen LogP contribution is -2.46. The summed E-state index contributed by atoms with van der Waals surface area (Å²) in [5.74, 6) is -0.141. The Kier molecular flexibility index (Phi) is 6.86. The highest BCUT2D eigenvalue weighted by atomic mass is 16.6. The molecule has 3 rings (SSSR count). The standard InChI is InChI=1S/C19H28N4O4/c1-2-26-19(25)23-7-5-15(6-8-23)22-18(24)14-10-16(12-20-11-14)21-13-17-4-3-9-27-17/h10-12,15,17,21H,2-9,13H2,1H3,(H,22,24). The number of rotatable bonds is 6. The maximum Gasteiger partial charge on any atom is 0.409 e. The van der Waals surface area contributed by atoms with E-state index in [9.17, 15) is 9.59 Å². The first-order chi connectivity index (χ1) is 13.2. The van der Waals surface area contributed by atoms with E-state index in [-0.39, 0.29) is 24.1 Å². The molecule has 2 fully saturated rings. The minimum atomic E-state index is -0.281. The third kappa shape index (κ3) is 5.56. The number of aromatic nitrogens is 1. The molecule has 0 aromatic carbocycles. The van der Waals surface area contributed by atoms with Gasteiger partial charge in [-0.3, -0.25) is 9.78 Å². The van der Waals surface area contributed by atoms with Crippen LogP contribution < -0.4 is 10.6 Å². The minimum absolute atomic E-state index is 0.0479. The largest absolute Gasteiger partial charge is 0.450 e. The van der Waals surface area contributed by atoms with E-state index >= 15 is 0 Å². The molecular weight excluding hydrogens is 348 g/mol. The van der Waals surface area contributed by atoms with Crippen molar-refractivity contribution in [3.63, 3.8) is 0 Å². The maximum absolute atomic E-state index is 12.5. The summed E-state index contributed by atoms with van der Waals surface area (Å²) in [6, 6.07) is 1.86. The number of carbonyl (C=O) groups is 2. The van der Waals surface area contributed by atoms with Crippen molar-refractivity contribution in [3.8, 4) is 0 Å². The van der Waals surface area contributed by atoms with Crippen LogP contribution in [0.4, 0.5) is 10.5 Å². The van der Waals surface area contributed by atoms with E-state index in [0.717, 1.165) is 44.5 Å². The van der Waals surface area contributed by atoms with Crippen molar-refractivity contribution in [2.24, 2.45) is 0 Å². The molecule has 0 radical (unpaired) electrons. The Hall–Kier alpha value is -2.35. The summed E-state index contributed by atoms with van der Waals surface area (Å²) in [5, 5.41) is 6.33. The van der Waals surface area contributed by atoms with Crippen molar-refractivity contribution in [1.29, 1.82) is 0 Å². The predicted molar refractivity (Wildman–Crippen MR) is 101 cm³/mol. The number of piperidine rings is 1. The van der Waals surface area contributed by atoms with Crippen molar-refractivity contribution >= 4 is 17.7 Å². The maximum atomic E-state index is 12.5. The van der Waals surface area contributed by atoms with Gasteiger partial charge in [0.25, 0.3) is 5.91 Å². The van der Waals surface area contributed by atoms with Gasteiger partial charge in [-0.2, -0.15) is 0 Å². The average molecular weight is 376 g/mol. The van der Waals surface area contributed by atoms with E-state index in [0.29, 0.717) is 25.3 Å². The van der Waals surface area contributed by atoms with Gasteiger partial charge >= 0.3 is 6.09 Å². The van der Waals surface area contributed by atoms with Crippen LogP contribution in [0.3, 0.4) is 0 Å². The molecule has 3 heterocycles. The Labute approximate surface area is 159 Å². The summed E-state index contributed by atoms with van der Waals surface area (Å²) < 4.78 is 10.6. The number of hydrogen-bond acceptors (Lipinski definition) is 6. The van der Waals surface area contributed by atoms with E-state index in [4.69, 9.17) is 9.47 Å². The molecule has 2 amide bonds. The number of nitrogens with one attached hydrogen (secondary N) is 2. The van der Waals surface area contributed by atoms with Crippen LogP contribution in [0, 0.1) is 0 Å². The Morgan fingerprint density at radius 2 is 2.11 bits per heavy atom. The lowest BCUT2D eigenvalue weighted by molar-refractivity contribution is 0.0860. The van der Waals surface area contributed by atoms with Gasteiger partial charge in [0.05, 0.1) is 24.0 Å². The van der Waals surface area contributed by atoms with Gasteiger partial charge in [0.1, 0.15) is 0 Å². The smallest absolute Gasteiger partial charge is 0.409 e. The topological polar surface area (TPSA) is 92.8 Å². The predicted octanol–water partition coefficient (Wildman–Crippen LogP) is 2.02. The molecule has 2 N–H and O–H groups in total. The fourth-order valence-electron chi connectivity index (χ4n) is 3.39. The van der Waals surface area contributed by atoms with Gasteiger partial charge in [-0.25, -0.2) is 4.79 Å². The van der Waals surface area contributed by atoms with Crippen LogP contribution in [0.25, 0.3) is 0 Å². The van der Waals surface area contributed by atoms with Gasteiger partial charge in [0.15, 0.2) is 0 Å². The van der Waals surface area contributed by atoms with Gasteiger partial charge in [-0.1, -0.05) is 0 Å². The zero-order valence-electron chi connectivity index (χ0n) is 15.8. The highest BCUT2D eigenvalue weighted by Crippen LogP contribution is 2.16. The first-order valence-corrected chi connectivity index (χ1v) is 9.68. The minimum Gasteiger partial charge on any atom is -0.450 e. The average Bonchev–Trinajstić information content (AvgIpc) is 3.21. The van der Waals surface area contributed by atoms with Gasteiger partial charge in [-0.15, -0.1) is 0 Å². The molecule has 1 atom stereocenters. The van der Waals surface area contributed by atoms with E-state index < -0.39 is 0 Å². The molecule has 2 aliphatic rings. The number of likely N-dealkylation sites (tertiary alicyclic amines) is 1. The Morgan fingerprint density at radius 3 is 2.81 bits per heavy atom. The molecule has 8 heteroatoms. The fraction of sp³-hybridized carbons (Fsp3) is 0.632. The molecule has 0 spiro atoms. The summed E-state index contributed by atoms with van der Waals surface area (Å²) in [7, 11) is 0. The second kappa shape index (κ2) is 9.55. The number of nitrogens with zero attached hydrogens (tertiary/aromatic N) is 2. The van der Waals surface area contributed by atoms with Crippen molar-refractivity contribution in [2.45, 2.75) is 44.8 Å². The zero-order chi connectivity index (χ0) is 19.1. The van der Waals surface area contributed by atoms with Crippen LogP contribution in [0.5, 0.6) is 0 Å². The van der Waals surface area contributed by atoms with E-state index in [1.165, 1.54) is 0 Å². The molecule has 0 saturated carbocycles. The molecule has 2 saturated heterocycles. The first-order valence-electron chi connectivity index (χ1n) is 9.68. The SMILES string of the molecule is CCOC(=O)N1CCC(NC(=O)c2cncc(NCC3CCCO3)c2)CC1. The second-order valence-electron chi connectivity index (χ2n) is 6.91. The van der Waals surface area contributed by atoms with Crippen LogP contribution in [0.15, 0.2) is 18.5 Å². The van der Waals surface area contributed by atoms with E-state index in [1.54, 1.807) is 24.2 Å². The van der Waals surface area contributed by atoms with Gasteiger partial charge in [0, 0.05) is 44.7 Å². The normalized spacial score (nSPS) is 20.3. The zero-order valence-corrected chi connectivity index (χ0v) is 15.8. The summed E-state index contributed by atoms with van der Waals surface area (Å²) >= 11 is 0. The summed E-state index contributed by atoms with van der Waals surface area (Å²) in [4.78, 5) is 30.1. The molecule has 2 aliphatic heterocycles. The van der Waals surface area contributed by atoms with Gasteiger partial charge in [-0.05, 0) is 38.7 Å². The molecule has 1 aromatic heterocycles. The highest BCUT2D eigenvalue weighted by Gasteiger charge is 2.25. The highest BCUT2D eigenvalue weighted by molar-refractivity contribution is 5.94. The molecule has 0 aliphatic carbocycles. The number of ether oxygens (including phenoxy) is 2. The van der Waals surface area contributed by atoms with E-state index in [2.05, 4.69) is 15.6 Å². The number of amides is 2. The van der Waals surface area contributed by atoms with Crippen LogP contribution in [-0.2, 0) is 9.47 Å². The Bertz CT molecular complexity index is 640.